The molecule has 3 aromatic rings. The van der Waals surface area contributed by atoms with Gasteiger partial charge in [0.2, 0.25) is 0 Å². The highest BCUT2D eigenvalue weighted by atomic mass is 32.2. The summed E-state index contributed by atoms with van der Waals surface area (Å²) in [5, 5.41) is 12.5. The second kappa shape index (κ2) is 13.8. The Morgan fingerprint density at radius 3 is 2.61 bits per heavy atom. The van der Waals surface area contributed by atoms with Crippen LogP contribution in [0.3, 0.4) is 0 Å². The molecule has 4 aliphatic heterocycles. The van der Waals surface area contributed by atoms with Gasteiger partial charge in [0.1, 0.15) is 17.5 Å². The number of benzene rings is 2. The highest BCUT2D eigenvalue weighted by molar-refractivity contribution is 7.93. The number of ether oxygens (including phenoxy) is 1. The topological polar surface area (TPSA) is 109 Å². The van der Waals surface area contributed by atoms with Crippen LogP contribution in [0.1, 0.15) is 36.1 Å². The summed E-state index contributed by atoms with van der Waals surface area (Å²) in [7, 11) is -0.0186. The zero-order valence-electron chi connectivity index (χ0n) is 28.5. The molecule has 49 heavy (non-hydrogen) atoms. The highest BCUT2D eigenvalue weighted by Crippen LogP contribution is 2.36. The lowest BCUT2D eigenvalue weighted by atomic mass is 9.99. The molecule has 0 aliphatic carbocycles. The van der Waals surface area contributed by atoms with Crippen molar-refractivity contribution in [3.63, 3.8) is 0 Å². The Labute approximate surface area is 289 Å². The van der Waals surface area contributed by atoms with Gasteiger partial charge in [-0.25, -0.2) is 8.42 Å². The Morgan fingerprint density at radius 1 is 0.980 bits per heavy atom. The normalized spacial score (nSPS) is 21.8. The Morgan fingerprint density at radius 2 is 1.82 bits per heavy atom. The molecule has 2 fully saturated rings. The third-order valence-corrected chi connectivity index (χ3v) is 12.3. The number of likely N-dealkylation sites (N-methyl/N-ethyl adjacent to an activating group) is 1. The maximum Gasteiger partial charge on any atom is 0.318 e. The average molecular weight is 681 g/mol. The first-order valence-electron chi connectivity index (χ1n) is 17.1. The van der Waals surface area contributed by atoms with E-state index in [4.69, 9.17) is 14.7 Å². The number of likely N-dealkylation sites (tertiary alicyclic amines) is 1. The van der Waals surface area contributed by atoms with Crippen molar-refractivity contribution in [1.82, 2.24) is 24.1 Å². The molecule has 0 spiro atoms. The van der Waals surface area contributed by atoms with Crippen LogP contribution in [0.15, 0.2) is 71.9 Å². The molecule has 0 unspecified atom stereocenters. The molecule has 0 N–H and O–H groups in total. The summed E-state index contributed by atoms with van der Waals surface area (Å²) in [6.45, 7) is 6.13. The number of aromatic nitrogens is 2. The van der Waals surface area contributed by atoms with Gasteiger partial charge >= 0.3 is 6.01 Å². The molecule has 12 heteroatoms. The molecule has 7 rings (SSSR count). The van der Waals surface area contributed by atoms with Crippen molar-refractivity contribution < 1.29 is 13.2 Å². The molecule has 11 nitrogen and oxygen atoms in total. The molecule has 1 aromatic heterocycles. The van der Waals surface area contributed by atoms with Gasteiger partial charge in [-0.1, -0.05) is 42.5 Å². The minimum absolute atomic E-state index is 0.0667. The number of hydrogen-bond donors (Lipinski definition) is 0. The van der Waals surface area contributed by atoms with E-state index in [2.05, 4.69) is 71.1 Å². The number of allylic oxidation sites excluding steroid dienone is 4. The number of sulfonamides is 1. The summed E-state index contributed by atoms with van der Waals surface area (Å²) in [6, 6.07) is 15.2. The molecule has 0 amide bonds. The Kier molecular flexibility index (Phi) is 9.33. The van der Waals surface area contributed by atoms with Crippen molar-refractivity contribution in [2.75, 3.05) is 63.2 Å². The lowest BCUT2D eigenvalue weighted by Gasteiger charge is -2.42. The Bertz CT molecular complexity index is 1960. The molecule has 0 saturated carbocycles. The van der Waals surface area contributed by atoms with E-state index in [1.54, 1.807) is 42.5 Å². The van der Waals surface area contributed by atoms with Crippen molar-refractivity contribution in [1.29, 1.82) is 5.26 Å². The minimum Gasteiger partial charge on any atom is -0.462 e. The van der Waals surface area contributed by atoms with Crippen LogP contribution in [0.5, 0.6) is 6.01 Å². The second-order valence-electron chi connectivity index (χ2n) is 13.4. The van der Waals surface area contributed by atoms with E-state index >= 15 is 0 Å². The molecular weight excluding hydrogens is 637 g/mol. The molecule has 0 bridgehead atoms. The first-order chi connectivity index (χ1) is 23.7. The number of rotatable bonds is 8. The van der Waals surface area contributed by atoms with E-state index in [0.717, 1.165) is 49.4 Å². The fraction of sp³-hybridized carbons (Fsp3) is 0.432. The van der Waals surface area contributed by atoms with Crippen LogP contribution in [0, 0.1) is 18.3 Å². The van der Waals surface area contributed by atoms with Crippen LogP contribution in [0.4, 0.5) is 11.5 Å². The lowest BCUT2D eigenvalue weighted by molar-refractivity contribution is 0.187. The van der Waals surface area contributed by atoms with Crippen LogP contribution >= 0.6 is 0 Å². The number of piperazine rings is 1. The van der Waals surface area contributed by atoms with Crippen molar-refractivity contribution in [3.05, 3.63) is 88.8 Å². The lowest BCUT2D eigenvalue weighted by Crippen LogP contribution is -2.56. The average Bonchev–Trinajstić information content (AvgIpc) is 3.38. The molecule has 5 heterocycles. The molecule has 2 atom stereocenters. The SMILES string of the molecule is Cc1cccc2cccc(N3CCc4c(nc(OC[C@@H]5CCCN5C)nc4N4CCN(S(=O)(=O)C5=CC=CC=CN5C)[C@@H](CC#N)C4)C3)c12. The molecule has 256 valence electrons. The Hall–Kier alpha value is -4.44. The van der Waals surface area contributed by atoms with Crippen LogP contribution in [0.2, 0.25) is 0 Å². The van der Waals surface area contributed by atoms with Crippen molar-refractivity contribution >= 4 is 32.3 Å². The minimum atomic E-state index is -3.87. The summed E-state index contributed by atoms with van der Waals surface area (Å²) < 4.78 is 35.9. The number of nitrogens with zero attached hydrogens (tertiary/aromatic N) is 8. The van der Waals surface area contributed by atoms with Gasteiger partial charge in [0.25, 0.3) is 10.0 Å². The first-order valence-corrected chi connectivity index (χ1v) is 18.6. The molecule has 2 aromatic carbocycles. The van der Waals surface area contributed by atoms with E-state index in [9.17, 15) is 13.7 Å². The largest absolute Gasteiger partial charge is 0.462 e. The van der Waals surface area contributed by atoms with Crippen LogP contribution in [-0.4, -0.2) is 98.0 Å². The third kappa shape index (κ3) is 6.50. The summed E-state index contributed by atoms with van der Waals surface area (Å²) in [4.78, 5) is 18.5. The number of nitriles is 1. The maximum atomic E-state index is 14.0. The van der Waals surface area contributed by atoms with Crippen LogP contribution in [-0.2, 0) is 23.0 Å². The maximum absolute atomic E-state index is 14.0. The van der Waals surface area contributed by atoms with Gasteiger partial charge in [0, 0.05) is 62.1 Å². The van der Waals surface area contributed by atoms with Gasteiger partial charge in [-0.05, 0) is 68.9 Å². The summed E-state index contributed by atoms with van der Waals surface area (Å²) in [5.74, 6) is 0.783. The molecule has 0 radical (unpaired) electrons. The van der Waals surface area contributed by atoms with Gasteiger partial charge < -0.3 is 24.3 Å². The first kappa shape index (κ1) is 33.1. The van der Waals surface area contributed by atoms with Crippen molar-refractivity contribution in [2.45, 2.75) is 51.2 Å². The molecule has 4 aliphatic rings. The third-order valence-electron chi connectivity index (χ3n) is 10.3. The van der Waals surface area contributed by atoms with Gasteiger partial charge in [0.15, 0.2) is 0 Å². The van der Waals surface area contributed by atoms with E-state index in [1.165, 1.54) is 26.3 Å². The van der Waals surface area contributed by atoms with E-state index in [-0.39, 0.29) is 18.0 Å². The fourth-order valence-corrected chi connectivity index (χ4v) is 9.40. The fourth-order valence-electron chi connectivity index (χ4n) is 7.63. The highest BCUT2D eigenvalue weighted by Gasteiger charge is 2.40. The number of anilines is 2. The van der Waals surface area contributed by atoms with Crippen LogP contribution in [0.25, 0.3) is 10.8 Å². The number of hydrogen-bond acceptors (Lipinski definition) is 10. The Balaban J connectivity index is 1.21. The smallest absolute Gasteiger partial charge is 0.318 e. The standard InChI is InChI=1S/C37H44N8O3S/c1-27-10-7-11-28-12-8-14-33(35(27)28)43-21-17-31-32(25-43)39-37(48-26-30-13-9-20-41(30)2)40-36(31)44-22-23-45(29(24-44)16-18-38)49(46,47)34-15-5-4-6-19-42(34)3/h4-8,10-12,14-15,19,29-30H,9,13,16-17,20-26H2,1-3H3/t29-,30-/m0/s1. The number of fused-ring (bicyclic) bond motifs is 2. The summed E-state index contributed by atoms with van der Waals surface area (Å²) in [5.41, 5.74) is 4.41. The van der Waals surface area contributed by atoms with Gasteiger partial charge in [-0.15, -0.1) is 0 Å². The van der Waals surface area contributed by atoms with Gasteiger partial charge in [-0.3, -0.25) is 0 Å². The number of aryl methyl sites for hydroxylation is 1. The van der Waals surface area contributed by atoms with Gasteiger partial charge in [0.05, 0.1) is 30.8 Å². The van der Waals surface area contributed by atoms with E-state index in [0.29, 0.717) is 38.3 Å². The quantitative estimate of drug-likeness (QED) is 0.336. The molecular formula is C37H44N8O3S. The zero-order valence-corrected chi connectivity index (χ0v) is 29.3. The monoisotopic (exact) mass is 680 g/mol. The van der Waals surface area contributed by atoms with Gasteiger partial charge in [-0.2, -0.15) is 19.5 Å². The predicted octanol–water partition coefficient (Wildman–Crippen LogP) is 4.56. The van der Waals surface area contributed by atoms with E-state index in [1.807, 2.05) is 0 Å². The molecule has 2 saturated heterocycles. The van der Waals surface area contributed by atoms with Crippen molar-refractivity contribution in [2.24, 2.45) is 0 Å². The van der Waals surface area contributed by atoms with E-state index < -0.39 is 16.1 Å². The second-order valence-corrected chi connectivity index (χ2v) is 15.2. The van der Waals surface area contributed by atoms with Crippen LogP contribution < -0.4 is 14.5 Å². The summed E-state index contributed by atoms with van der Waals surface area (Å²) in [6.07, 6.45) is 11.7. The van der Waals surface area contributed by atoms with Crippen molar-refractivity contribution in [3.8, 4) is 12.1 Å². The predicted molar refractivity (Wildman–Crippen MR) is 193 cm³/mol. The summed E-state index contributed by atoms with van der Waals surface area (Å²) >= 11 is 0. The zero-order chi connectivity index (χ0) is 34.1.